The zero-order chi connectivity index (χ0) is 31.4. The third kappa shape index (κ3) is 5.07. The third-order valence-electron chi connectivity index (χ3n) is 9.28. The first kappa shape index (κ1) is 28.9. The van der Waals surface area contributed by atoms with Crippen molar-refractivity contribution in [1.82, 2.24) is 20.3 Å². The van der Waals surface area contributed by atoms with Crippen molar-refractivity contribution in [3.8, 4) is 29.6 Å². The Morgan fingerprint density at radius 3 is 2.52 bits per heavy atom. The van der Waals surface area contributed by atoms with Gasteiger partial charge in [0, 0.05) is 77.9 Å². The average molecular weight is 637 g/mol. The van der Waals surface area contributed by atoms with Crippen LogP contribution in [0.15, 0.2) is 65.7 Å². The molecule has 232 valence electrons. The van der Waals surface area contributed by atoms with E-state index in [1.807, 2.05) is 30.3 Å². The van der Waals surface area contributed by atoms with Gasteiger partial charge in [-0.15, -0.1) is 6.42 Å². The summed E-state index contributed by atoms with van der Waals surface area (Å²) in [6.07, 6.45) is 10.0. The highest BCUT2D eigenvalue weighted by atomic mass is 32.2. The van der Waals surface area contributed by atoms with Crippen LogP contribution in [0.4, 0.5) is 20.3 Å². The van der Waals surface area contributed by atoms with Gasteiger partial charge in [-0.1, -0.05) is 30.2 Å². The molecule has 46 heavy (non-hydrogen) atoms. The van der Waals surface area contributed by atoms with Gasteiger partial charge in [0.25, 0.3) is 0 Å². The number of hydrogen-bond donors (Lipinski definition) is 2. The largest absolute Gasteiger partial charge is 0.458 e. The Bertz CT molecular complexity index is 2010. The maximum Gasteiger partial charge on any atom is 0.319 e. The first-order valence-corrected chi connectivity index (χ1v) is 16.1. The molecule has 0 aliphatic carbocycles. The molecule has 11 heteroatoms. The highest BCUT2D eigenvalue weighted by molar-refractivity contribution is 7.93. The summed E-state index contributed by atoms with van der Waals surface area (Å²) in [7, 11) is 0. The van der Waals surface area contributed by atoms with Crippen molar-refractivity contribution in [3.63, 3.8) is 0 Å². The van der Waals surface area contributed by atoms with Crippen LogP contribution in [0.5, 0.6) is 6.01 Å². The maximum atomic E-state index is 16.8. The predicted octanol–water partition coefficient (Wildman–Crippen LogP) is 6.27. The predicted molar refractivity (Wildman–Crippen MR) is 176 cm³/mol. The summed E-state index contributed by atoms with van der Waals surface area (Å²) in [4.78, 5) is 19.2. The normalized spacial score (nSPS) is 20.9. The molecule has 3 aromatic carbocycles. The monoisotopic (exact) mass is 636 g/mol. The zero-order valence-electron chi connectivity index (χ0n) is 24.8. The third-order valence-corrected chi connectivity index (χ3v) is 9.76. The van der Waals surface area contributed by atoms with Crippen molar-refractivity contribution >= 4 is 45.2 Å². The van der Waals surface area contributed by atoms with E-state index in [1.54, 1.807) is 24.4 Å². The average Bonchev–Trinajstić information content (AvgIpc) is 3.69. The molecule has 0 spiro atoms. The number of nitrogens with zero attached hydrogens (tertiary/aromatic N) is 5. The smallest absolute Gasteiger partial charge is 0.319 e. The van der Waals surface area contributed by atoms with Gasteiger partial charge < -0.3 is 24.4 Å². The number of piperazine rings is 1. The highest BCUT2D eigenvalue weighted by Crippen LogP contribution is 2.38. The molecule has 3 aliphatic rings. The number of halogens is 2. The number of aromatic nitrogens is 3. The number of hydrogen-bond acceptors (Lipinski definition) is 9. The molecular formula is C35H30F2N6O2S. The molecule has 3 fully saturated rings. The van der Waals surface area contributed by atoms with Crippen LogP contribution >= 0.6 is 12.0 Å². The fraction of sp³-hybridized carbons (Fsp3) is 0.286. The Morgan fingerprint density at radius 1 is 0.957 bits per heavy atom. The molecular weight excluding hydrogens is 606 g/mol. The van der Waals surface area contributed by atoms with Gasteiger partial charge in [-0.3, -0.25) is 4.98 Å². The van der Waals surface area contributed by atoms with Gasteiger partial charge in [0.2, 0.25) is 0 Å². The fourth-order valence-electron chi connectivity index (χ4n) is 7.09. The summed E-state index contributed by atoms with van der Waals surface area (Å²) in [5.41, 5.74) is 1.61. The molecule has 3 aliphatic heterocycles. The standard InChI is InChI=1S/C35H30F2N6O2S/c1-2-26-29(36)13-6-20-4-3-5-27(30(20)26)32-31(37)33-28(16-38-32)34(43-17-21-7-8-22(18-43)39-21)41-35(40-33)45-24-14-15-42(19-24)23-9-11-25(46-44)12-10-23/h1,3-6,9-13,16,21-22,24,39,44H,7-8,14-15,17-19H2. The number of pyridine rings is 1. The van der Waals surface area contributed by atoms with Gasteiger partial charge in [0.15, 0.2) is 5.82 Å². The van der Waals surface area contributed by atoms with Crippen LogP contribution in [0.1, 0.15) is 24.8 Å². The van der Waals surface area contributed by atoms with Crippen LogP contribution in [0.2, 0.25) is 0 Å². The quantitative estimate of drug-likeness (QED) is 0.166. The molecule has 5 heterocycles. The molecule has 2 N–H and O–H groups in total. The molecule has 8 rings (SSSR count). The van der Waals surface area contributed by atoms with E-state index >= 15 is 4.39 Å². The molecule has 8 nitrogen and oxygen atoms in total. The van der Waals surface area contributed by atoms with Crippen LogP contribution in [0.25, 0.3) is 32.9 Å². The summed E-state index contributed by atoms with van der Waals surface area (Å²) < 4.78 is 47.3. The lowest BCUT2D eigenvalue weighted by Crippen LogP contribution is -2.51. The van der Waals surface area contributed by atoms with E-state index in [2.05, 4.69) is 31.0 Å². The summed E-state index contributed by atoms with van der Waals surface area (Å²) in [5, 5.41) is 5.25. The number of anilines is 2. The van der Waals surface area contributed by atoms with E-state index in [0.29, 0.717) is 58.2 Å². The van der Waals surface area contributed by atoms with E-state index in [0.717, 1.165) is 49.5 Å². The van der Waals surface area contributed by atoms with E-state index < -0.39 is 11.6 Å². The number of ether oxygens (including phenoxy) is 1. The van der Waals surface area contributed by atoms with Crippen LogP contribution in [-0.4, -0.2) is 63.9 Å². The van der Waals surface area contributed by atoms with E-state index in [4.69, 9.17) is 16.1 Å². The summed E-state index contributed by atoms with van der Waals surface area (Å²) in [6, 6.07) is 16.7. The van der Waals surface area contributed by atoms with Crippen molar-refractivity contribution in [2.45, 2.75) is 42.3 Å². The minimum atomic E-state index is -0.640. The van der Waals surface area contributed by atoms with Crippen LogP contribution < -0.4 is 19.9 Å². The highest BCUT2D eigenvalue weighted by Gasteiger charge is 2.35. The summed E-state index contributed by atoms with van der Waals surface area (Å²) in [5.74, 6) is 1.85. The fourth-order valence-corrected chi connectivity index (χ4v) is 7.35. The van der Waals surface area contributed by atoms with Crippen molar-refractivity contribution in [1.29, 1.82) is 0 Å². The Kier molecular flexibility index (Phi) is 7.36. The summed E-state index contributed by atoms with van der Waals surface area (Å²) in [6.45, 7) is 2.86. The van der Waals surface area contributed by atoms with Gasteiger partial charge in [0.1, 0.15) is 28.9 Å². The van der Waals surface area contributed by atoms with Crippen molar-refractivity contribution in [2.75, 3.05) is 36.0 Å². The second-order valence-corrected chi connectivity index (χ2v) is 12.7. The number of fused-ring (bicyclic) bond motifs is 4. The first-order valence-electron chi connectivity index (χ1n) is 15.4. The Balaban J connectivity index is 1.20. The second-order valence-electron chi connectivity index (χ2n) is 12.1. The van der Waals surface area contributed by atoms with Gasteiger partial charge in [-0.05, 0) is 48.6 Å². The Labute approximate surface area is 269 Å². The number of terminal acetylenes is 1. The minimum Gasteiger partial charge on any atom is -0.458 e. The Hall–Kier alpha value is -4.50. The van der Waals surface area contributed by atoms with Crippen LogP contribution in [-0.2, 0) is 0 Å². The molecule has 5 aromatic rings. The molecule has 3 atom stereocenters. The molecule has 2 bridgehead atoms. The van der Waals surface area contributed by atoms with E-state index in [-0.39, 0.29) is 28.9 Å². The number of benzene rings is 3. The second kappa shape index (κ2) is 11.7. The van der Waals surface area contributed by atoms with Gasteiger partial charge in [-0.25, -0.2) is 8.78 Å². The lowest BCUT2D eigenvalue weighted by molar-refractivity contribution is 0.207. The van der Waals surface area contributed by atoms with Gasteiger partial charge >= 0.3 is 6.01 Å². The SMILES string of the molecule is C#Cc1c(F)ccc2cccc(-c3ncc4c(N5CC6CCC(C5)N6)nc(OC5CCN(c6ccc(SO)cc6)C5)nc4c3F)c12. The van der Waals surface area contributed by atoms with Gasteiger partial charge in [-0.2, -0.15) is 9.97 Å². The maximum absolute atomic E-state index is 16.8. The van der Waals surface area contributed by atoms with Crippen molar-refractivity contribution in [3.05, 3.63) is 78.0 Å². The minimum absolute atomic E-state index is 0.0349. The molecule has 0 radical (unpaired) electrons. The molecule has 2 aromatic heterocycles. The van der Waals surface area contributed by atoms with Gasteiger partial charge in [0.05, 0.1) is 17.5 Å². The lowest BCUT2D eigenvalue weighted by Gasteiger charge is -2.34. The Morgan fingerprint density at radius 2 is 1.76 bits per heavy atom. The molecule has 0 saturated carbocycles. The zero-order valence-corrected chi connectivity index (χ0v) is 25.6. The number of rotatable bonds is 6. The molecule has 3 unspecified atom stereocenters. The van der Waals surface area contributed by atoms with E-state index in [1.165, 1.54) is 6.07 Å². The number of nitrogens with one attached hydrogen (secondary N) is 1. The molecule has 0 amide bonds. The van der Waals surface area contributed by atoms with Crippen molar-refractivity contribution in [2.24, 2.45) is 0 Å². The van der Waals surface area contributed by atoms with Crippen molar-refractivity contribution < 1.29 is 18.1 Å². The van der Waals surface area contributed by atoms with E-state index in [9.17, 15) is 8.94 Å². The van der Waals surface area contributed by atoms with Crippen LogP contribution in [0.3, 0.4) is 0 Å². The molecule has 3 saturated heterocycles. The van der Waals surface area contributed by atoms with Crippen LogP contribution in [0, 0.1) is 24.0 Å². The summed E-state index contributed by atoms with van der Waals surface area (Å²) >= 11 is 0.716. The topological polar surface area (TPSA) is 86.6 Å². The first-order chi connectivity index (χ1) is 22.5. The lowest BCUT2D eigenvalue weighted by atomic mass is 9.96.